The number of amides is 1. The van der Waals surface area contributed by atoms with Crippen molar-refractivity contribution in [3.05, 3.63) is 58.7 Å². The number of hydrogen-bond acceptors (Lipinski definition) is 7. The molecule has 188 valence electrons. The first kappa shape index (κ1) is 26.1. The number of rotatable bonds is 10. The Labute approximate surface area is 206 Å². The minimum absolute atomic E-state index is 0.0349. The average Bonchev–Trinajstić information content (AvgIpc) is 3.13. The molecule has 0 aliphatic carbocycles. The Morgan fingerprint density at radius 2 is 1.54 bits per heavy atom. The molecule has 2 aromatic carbocycles. The summed E-state index contributed by atoms with van der Waals surface area (Å²) in [5.41, 5.74) is 2.09. The Balaban J connectivity index is 2.21. The van der Waals surface area contributed by atoms with Crippen LogP contribution in [0.5, 0.6) is 17.2 Å². The molecule has 1 aliphatic heterocycles. The number of carbonyl (C=O) groups excluding carboxylic acids is 2. The average molecular weight is 483 g/mol. The van der Waals surface area contributed by atoms with Gasteiger partial charge in [0.05, 0.1) is 32.9 Å². The molecule has 0 radical (unpaired) electrons. The Kier molecular flexibility index (Phi) is 8.40. The number of ether oxygens (including phenoxy) is 3. The van der Waals surface area contributed by atoms with Gasteiger partial charge in [0.15, 0.2) is 11.5 Å². The van der Waals surface area contributed by atoms with Crippen LogP contribution in [0.3, 0.4) is 0 Å². The third-order valence-electron chi connectivity index (χ3n) is 6.42. The summed E-state index contributed by atoms with van der Waals surface area (Å²) in [5.74, 6) is -0.395. The van der Waals surface area contributed by atoms with Crippen LogP contribution in [0.4, 0.5) is 0 Å². The summed E-state index contributed by atoms with van der Waals surface area (Å²) < 4.78 is 16.5. The molecule has 1 N–H and O–H groups in total. The number of ketones is 1. The van der Waals surface area contributed by atoms with Crippen molar-refractivity contribution >= 4 is 17.4 Å². The topological polar surface area (TPSA) is 88.5 Å². The summed E-state index contributed by atoms with van der Waals surface area (Å²) in [6.45, 7) is 8.57. The van der Waals surface area contributed by atoms with Crippen LogP contribution in [0.25, 0.3) is 5.76 Å². The molecule has 1 aliphatic rings. The minimum Gasteiger partial charge on any atom is -0.507 e. The third kappa shape index (κ3) is 5.12. The van der Waals surface area contributed by atoms with E-state index in [1.54, 1.807) is 24.3 Å². The van der Waals surface area contributed by atoms with E-state index < -0.39 is 17.7 Å². The largest absolute Gasteiger partial charge is 0.507 e. The van der Waals surface area contributed by atoms with Crippen LogP contribution >= 0.6 is 0 Å². The van der Waals surface area contributed by atoms with E-state index in [1.807, 2.05) is 32.9 Å². The quantitative estimate of drug-likeness (QED) is 0.313. The second-order valence-electron chi connectivity index (χ2n) is 8.34. The smallest absolute Gasteiger partial charge is 0.295 e. The summed E-state index contributed by atoms with van der Waals surface area (Å²) in [6.07, 6.45) is 0. The second kappa shape index (κ2) is 11.3. The van der Waals surface area contributed by atoms with Crippen LogP contribution in [-0.4, -0.2) is 74.1 Å². The highest BCUT2D eigenvalue weighted by molar-refractivity contribution is 6.46. The lowest BCUT2D eigenvalue weighted by atomic mass is 9.94. The molecule has 1 amide bonds. The predicted octanol–water partition coefficient (Wildman–Crippen LogP) is 3.78. The van der Waals surface area contributed by atoms with Crippen LogP contribution in [0.15, 0.2) is 42.0 Å². The fourth-order valence-electron chi connectivity index (χ4n) is 4.37. The van der Waals surface area contributed by atoms with Gasteiger partial charge in [-0.25, -0.2) is 0 Å². The highest BCUT2D eigenvalue weighted by Crippen LogP contribution is 2.45. The molecule has 1 atom stereocenters. The molecule has 0 spiro atoms. The number of hydrogen-bond donors (Lipinski definition) is 1. The van der Waals surface area contributed by atoms with E-state index in [0.717, 1.165) is 18.7 Å². The van der Waals surface area contributed by atoms with Crippen LogP contribution in [0, 0.1) is 6.92 Å². The van der Waals surface area contributed by atoms with Crippen molar-refractivity contribution in [1.82, 2.24) is 9.80 Å². The third-order valence-corrected chi connectivity index (χ3v) is 6.42. The van der Waals surface area contributed by atoms with Gasteiger partial charge in [-0.1, -0.05) is 43.7 Å². The molecule has 1 saturated heterocycles. The van der Waals surface area contributed by atoms with E-state index in [0.29, 0.717) is 41.5 Å². The molecule has 35 heavy (non-hydrogen) atoms. The Morgan fingerprint density at radius 1 is 0.971 bits per heavy atom. The Hall–Kier alpha value is -3.52. The van der Waals surface area contributed by atoms with Gasteiger partial charge in [0.1, 0.15) is 5.76 Å². The van der Waals surface area contributed by atoms with E-state index in [9.17, 15) is 14.7 Å². The molecular weight excluding hydrogens is 448 g/mol. The fraction of sp³-hybridized carbons (Fsp3) is 0.407. The van der Waals surface area contributed by atoms with Gasteiger partial charge in [-0.05, 0) is 37.7 Å². The number of aliphatic hydroxyl groups excluding tert-OH is 1. The number of Topliss-reactive ketones (excluding diaryl/α,β-unsaturated/α-hetero) is 1. The highest BCUT2D eigenvalue weighted by atomic mass is 16.5. The number of aryl methyl sites for hydroxylation is 1. The van der Waals surface area contributed by atoms with Gasteiger partial charge in [-0.15, -0.1) is 0 Å². The maximum atomic E-state index is 13.3. The zero-order valence-electron chi connectivity index (χ0n) is 21.3. The summed E-state index contributed by atoms with van der Waals surface area (Å²) in [6, 6.07) is 9.77. The SMILES string of the molecule is CCN(CC)CCN1C(=O)C(=O)/C(=C(/O)c2ccc(C)cc2)[C@@H]1c1cc(OC)c(OC)c(OC)c1. The summed E-state index contributed by atoms with van der Waals surface area (Å²) >= 11 is 0. The lowest BCUT2D eigenvalue weighted by Gasteiger charge is -2.29. The maximum absolute atomic E-state index is 13.3. The number of likely N-dealkylation sites (tertiary alicyclic amines) is 1. The molecule has 1 heterocycles. The Bertz CT molecular complexity index is 1080. The zero-order valence-corrected chi connectivity index (χ0v) is 21.3. The number of benzene rings is 2. The molecule has 1 fully saturated rings. The van der Waals surface area contributed by atoms with Crippen molar-refractivity contribution in [2.45, 2.75) is 26.8 Å². The van der Waals surface area contributed by atoms with Gasteiger partial charge in [-0.2, -0.15) is 0 Å². The first-order chi connectivity index (χ1) is 16.8. The first-order valence-electron chi connectivity index (χ1n) is 11.7. The van der Waals surface area contributed by atoms with Gasteiger partial charge < -0.3 is 29.1 Å². The fourth-order valence-corrected chi connectivity index (χ4v) is 4.37. The number of nitrogens with zero attached hydrogens (tertiary/aromatic N) is 2. The van der Waals surface area contributed by atoms with E-state index in [2.05, 4.69) is 4.90 Å². The highest BCUT2D eigenvalue weighted by Gasteiger charge is 2.46. The van der Waals surface area contributed by atoms with Gasteiger partial charge in [0, 0.05) is 18.7 Å². The maximum Gasteiger partial charge on any atom is 0.295 e. The van der Waals surface area contributed by atoms with Gasteiger partial charge >= 0.3 is 0 Å². The number of likely N-dealkylation sites (N-methyl/N-ethyl adjacent to an activating group) is 1. The lowest BCUT2D eigenvalue weighted by Crippen LogP contribution is -2.38. The second-order valence-corrected chi connectivity index (χ2v) is 8.34. The van der Waals surface area contributed by atoms with Crippen LogP contribution in [0.1, 0.15) is 36.6 Å². The van der Waals surface area contributed by atoms with Gasteiger partial charge in [0.2, 0.25) is 5.75 Å². The van der Waals surface area contributed by atoms with Crippen molar-refractivity contribution < 1.29 is 28.9 Å². The molecule has 0 aromatic heterocycles. The van der Waals surface area contributed by atoms with E-state index in [-0.39, 0.29) is 11.3 Å². The molecule has 2 aromatic rings. The normalized spacial score (nSPS) is 17.2. The molecule has 0 saturated carbocycles. The van der Waals surface area contributed by atoms with Gasteiger partial charge in [0.25, 0.3) is 11.7 Å². The van der Waals surface area contributed by atoms with Crippen molar-refractivity contribution in [1.29, 1.82) is 0 Å². The van der Waals surface area contributed by atoms with Crippen LogP contribution in [-0.2, 0) is 9.59 Å². The standard InChI is InChI=1S/C27H34N2O6/c1-7-28(8-2)13-14-29-23(19-15-20(33-4)26(35-6)21(16-19)34-5)22(25(31)27(29)32)24(30)18-11-9-17(3)10-12-18/h9-12,15-16,23,30H,7-8,13-14H2,1-6H3/b24-22+/t23-/m0/s1. The van der Waals surface area contributed by atoms with Crippen molar-refractivity contribution in [2.75, 3.05) is 47.5 Å². The van der Waals surface area contributed by atoms with Crippen molar-refractivity contribution in [2.24, 2.45) is 0 Å². The monoisotopic (exact) mass is 482 g/mol. The summed E-state index contributed by atoms with van der Waals surface area (Å²) in [5, 5.41) is 11.3. The van der Waals surface area contributed by atoms with E-state index >= 15 is 0 Å². The number of carbonyl (C=O) groups is 2. The van der Waals surface area contributed by atoms with Crippen molar-refractivity contribution in [3.8, 4) is 17.2 Å². The van der Waals surface area contributed by atoms with Crippen LogP contribution in [0.2, 0.25) is 0 Å². The summed E-state index contributed by atoms with van der Waals surface area (Å²) in [7, 11) is 4.52. The minimum atomic E-state index is -0.819. The lowest BCUT2D eigenvalue weighted by molar-refractivity contribution is -0.140. The van der Waals surface area contributed by atoms with Crippen LogP contribution < -0.4 is 14.2 Å². The molecule has 0 bridgehead atoms. The van der Waals surface area contributed by atoms with Gasteiger partial charge in [-0.3, -0.25) is 9.59 Å². The predicted molar refractivity (Wildman–Crippen MR) is 134 cm³/mol. The molecule has 8 nitrogen and oxygen atoms in total. The number of methoxy groups -OCH3 is 3. The molecule has 0 unspecified atom stereocenters. The summed E-state index contributed by atoms with van der Waals surface area (Å²) in [4.78, 5) is 30.2. The zero-order chi connectivity index (χ0) is 25.7. The Morgan fingerprint density at radius 3 is 2.03 bits per heavy atom. The molecular formula is C27H34N2O6. The first-order valence-corrected chi connectivity index (χ1v) is 11.7. The number of aliphatic hydroxyl groups is 1. The van der Waals surface area contributed by atoms with E-state index in [4.69, 9.17) is 14.2 Å². The molecule has 8 heteroatoms. The van der Waals surface area contributed by atoms with Crippen molar-refractivity contribution in [3.63, 3.8) is 0 Å². The van der Waals surface area contributed by atoms with E-state index in [1.165, 1.54) is 26.2 Å². The molecule has 3 rings (SSSR count).